The molecule has 3 aromatic rings. The fraction of sp³-hybridized carbons (Fsp3) is 0.222. The van der Waals surface area contributed by atoms with Crippen molar-refractivity contribution in [3.05, 3.63) is 53.6 Å². The van der Waals surface area contributed by atoms with E-state index >= 15 is 0 Å². The lowest BCUT2D eigenvalue weighted by molar-refractivity contribution is 0.102. The molecule has 0 aliphatic heterocycles. The average Bonchev–Trinajstić information content (AvgIpc) is 2.95. The normalized spacial score (nSPS) is 11.8. The zero-order valence-electron chi connectivity index (χ0n) is 14.6. The number of aromatic nitrogens is 1. The number of sulfonamides is 1. The molecule has 0 fully saturated rings. The number of aryl methyl sites for hydroxylation is 1. The minimum Gasteiger partial charge on any atom is -0.298 e. The van der Waals surface area contributed by atoms with Gasteiger partial charge < -0.3 is 0 Å². The minimum atomic E-state index is -3.57. The van der Waals surface area contributed by atoms with Gasteiger partial charge in [-0.3, -0.25) is 10.1 Å². The molecule has 0 saturated carbocycles. The van der Waals surface area contributed by atoms with Crippen LogP contribution in [0, 0.1) is 6.92 Å². The summed E-state index contributed by atoms with van der Waals surface area (Å²) in [6, 6.07) is 11.5. The van der Waals surface area contributed by atoms with Crippen LogP contribution in [0.4, 0.5) is 5.13 Å². The lowest BCUT2D eigenvalue weighted by Gasteiger charge is -2.09. The number of hydrogen-bond donors (Lipinski definition) is 2. The molecule has 2 aromatic carbocycles. The maximum Gasteiger partial charge on any atom is 0.257 e. The van der Waals surface area contributed by atoms with Crippen LogP contribution in [0.2, 0.25) is 0 Å². The highest BCUT2D eigenvalue weighted by atomic mass is 32.2. The summed E-state index contributed by atoms with van der Waals surface area (Å²) in [7, 11) is -3.57. The highest BCUT2D eigenvalue weighted by molar-refractivity contribution is 7.89. The summed E-state index contributed by atoms with van der Waals surface area (Å²) in [5, 5.41) is 3.27. The Morgan fingerprint density at radius 1 is 1.12 bits per heavy atom. The first-order chi connectivity index (χ1) is 12.2. The van der Waals surface area contributed by atoms with Crippen LogP contribution in [0.15, 0.2) is 47.4 Å². The molecule has 8 heteroatoms. The van der Waals surface area contributed by atoms with Crippen molar-refractivity contribution < 1.29 is 13.2 Å². The number of nitrogens with one attached hydrogen (secondary N) is 2. The second kappa shape index (κ2) is 7.14. The third-order valence-electron chi connectivity index (χ3n) is 3.58. The quantitative estimate of drug-likeness (QED) is 0.698. The molecule has 0 bridgehead atoms. The van der Waals surface area contributed by atoms with Crippen LogP contribution in [-0.4, -0.2) is 25.4 Å². The SMILES string of the molecule is Cc1ccc2nc(NC(=O)c3ccc(S(=O)(=O)NC(C)C)cc3)sc2c1. The van der Waals surface area contributed by atoms with Crippen molar-refractivity contribution in [2.45, 2.75) is 31.7 Å². The van der Waals surface area contributed by atoms with Crippen LogP contribution >= 0.6 is 11.3 Å². The summed E-state index contributed by atoms with van der Waals surface area (Å²) < 4.78 is 27.8. The maximum atomic E-state index is 12.4. The number of amides is 1. The van der Waals surface area contributed by atoms with Gasteiger partial charge in [0.25, 0.3) is 5.91 Å². The predicted molar refractivity (Wildman–Crippen MR) is 104 cm³/mol. The van der Waals surface area contributed by atoms with E-state index in [1.54, 1.807) is 13.8 Å². The van der Waals surface area contributed by atoms with Crippen LogP contribution in [0.5, 0.6) is 0 Å². The molecule has 0 saturated heterocycles. The highest BCUT2D eigenvalue weighted by Crippen LogP contribution is 2.27. The molecule has 1 amide bonds. The van der Waals surface area contributed by atoms with E-state index in [9.17, 15) is 13.2 Å². The average molecular weight is 390 g/mol. The Hall–Kier alpha value is -2.29. The van der Waals surface area contributed by atoms with E-state index < -0.39 is 10.0 Å². The number of hydrogen-bond acceptors (Lipinski definition) is 5. The van der Waals surface area contributed by atoms with Gasteiger partial charge in [0.1, 0.15) is 0 Å². The van der Waals surface area contributed by atoms with Gasteiger partial charge in [-0.05, 0) is 62.7 Å². The zero-order chi connectivity index (χ0) is 18.9. The van der Waals surface area contributed by atoms with Gasteiger partial charge in [0.2, 0.25) is 10.0 Å². The fourth-order valence-corrected chi connectivity index (χ4v) is 4.63. The van der Waals surface area contributed by atoms with Gasteiger partial charge in [-0.15, -0.1) is 0 Å². The summed E-state index contributed by atoms with van der Waals surface area (Å²) in [6.45, 7) is 5.50. The zero-order valence-corrected chi connectivity index (χ0v) is 16.2. The van der Waals surface area contributed by atoms with Gasteiger partial charge in [-0.25, -0.2) is 18.1 Å². The number of rotatable bonds is 5. The van der Waals surface area contributed by atoms with Gasteiger partial charge in [-0.2, -0.15) is 0 Å². The van der Waals surface area contributed by atoms with Crippen LogP contribution < -0.4 is 10.0 Å². The molecule has 0 atom stereocenters. The molecule has 0 spiro atoms. The number of carbonyl (C=O) groups is 1. The molecule has 1 aromatic heterocycles. The van der Waals surface area contributed by atoms with E-state index in [-0.39, 0.29) is 16.8 Å². The first-order valence-electron chi connectivity index (χ1n) is 8.05. The smallest absolute Gasteiger partial charge is 0.257 e. The Balaban J connectivity index is 1.77. The van der Waals surface area contributed by atoms with E-state index in [0.717, 1.165) is 15.8 Å². The summed E-state index contributed by atoms with van der Waals surface area (Å²) in [5.41, 5.74) is 2.33. The van der Waals surface area contributed by atoms with Gasteiger partial charge in [-0.1, -0.05) is 17.4 Å². The molecular formula is C18H19N3O3S2. The Morgan fingerprint density at radius 3 is 2.46 bits per heavy atom. The molecule has 6 nitrogen and oxygen atoms in total. The molecule has 1 heterocycles. The highest BCUT2D eigenvalue weighted by Gasteiger charge is 2.16. The van der Waals surface area contributed by atoms with Crippen molar-refractivity contribution in [1.82, 2.24) is 9.71 Å². The number of nitrogens with zero attached hydrogens (tertiary/aromatic N) is 1. The largest absolute Gasteiger partial charge is 0.298 e. The second-order valence-electron chi connectivity index (χ2n) is 6.24. The number of anilines is 1. The lowest BCUT2D eigenvalue weighted by atomic mass is 10.2. The second-order valence-corrected chi connectivity index (χ2v) is 8.99. The number of fused-ring (bicyclic) bond motifs is 1. The molecule has 0 radical (unpaired) electrons. The molecule has 136 valence electrons. The molecule has 0 aliphatic carbocycles. The first kappa shape index (κ1) is 18.5. The van der Waals surface area contributed by atoms with Gasteiger partial charge in [0, 0.05) is 11.6 Å². The van der Waals surface area contributed by atoms with Crippen molar-refractivity contribution in [3.63, 3.8) is 0 Å². The van der Waals surface area contributed by atoms with Crippen molar-refractivity contribution >= 4 is 42.6 Å². The van der Waals surface area contributed by atoms with Crippen LogP contribution in [0.25, 0.3) is 10.2 Å². The predicted octanol–water partition coefficient (Wildman–Crippen LogP) is 3.54. The van der Waals surface area contributed by atoms with E-state index in [0.29, 0.717) is 10.7 Å². The van der Waals surface area contributed by atoms with E-state index in [4.69, 9.17) is 0 Å². The van der Waals surface area contributed by atoms with Gasteiger partial charge in [0.15, 0.2) is 5.13 Å². The molecular weight excluding hydrogens is 370 g/mol. The van der Waals surface area contributed by atoms with E-state index in [2.05, 4.69) is 15.0 Å². The minimum absolute atomic E-state index is 0.123. The van der Waals surface area contributed by atoms with Crippen molar-refractivity contribution in [2.24, 2.45) is 0 Å². The monoisotopic (exact) mass is 389 g/mol. The summed E-state index contributed by atoms with van der Waals surface area (Å²) in [5.74, 6) is -0.332. The molecule has 3 rings (SSSR count). The van der Waals surface area contributed by atoms with Crippen molar-refractivity contribution in [1.29, 1.82) is 0 Å². The first-order valence-corrected chi connectivity index (χ1v) is 10.4. The number of thiazole rings is 1. The molecule has 26 heavy (non-hydrogen) atoms. The molecule has 2 N–H and O–H groups in total. The van der Waals surface area contributed by atoms with Crippen LogP contribution in [-0.2, 0) is 10.0 Å². The number of carbonyl (C=O) groups excluding carboxylic acids is 1. The Labute approximate surface area is 156 Å². The van der Waals surface area contributed by atoms with Crippen LogP contribution in [0.3, 0.4) is 0 Å². The summed E-state index contributed by atoms with van der Waals surface area (Å²) >= 11 is 1.40. The standard InChI is InChI=1S/C18H19N3O3S2/c1-11(2)21-26(23,24)14-7-5-13(6-8-14)17(22)20-18-19-15-9-4-12(3)10-16(15)25-18/h4-11,21H,1-3H3,(H,19,20,22). The topological polar surface area (TPSA) is 88.2 Å². The molecule has 0 aliphatic rings. The number of benzene rings is 2. The van der Waals surface area contributed by atoms with Gasteiger partial charge >= 0.3 is 0 Å². The van der Waals surface area contributed by atoms with Crippen LogP contribution in [0.1, 0.15) is 29.8 Å². The maximum absolute atomic E-state index is 12.4. The van der Waals surface area contributed by atoms with E-state index in [1.165, 1.54) is 35.6 Å². The lowest BCUT2D eigenvalue weighted by Crippen LogP contribution is -2.30. The third-order valence-corrected chi connectivity index (χ3v) is 6.19. The summed E-state index contributed by atoms with van der Waals surface area (Å²) in [6.07, 6.45) is 0. The van der Waals surface area contributed by atoms with E-state index in [1.807, 2.05) is 25.1 Å². The third kappa shape index (κ3) is 4.09. The van der Waals surface area contributed by atoms with Gasteiger partial charge in [0.05, 0.1) is 15.1 Å². The van der Waals surface area contributed by atoms with Crippen molar-refractivity contribution in [3.8, 4) is 0 Å². The Morgan fingerprint density at radius 2 is 1.81 bits per heavy atom. The Bertz CT molecular complexity index is 1050. The van der Waals surface area contributed by atoms with Crippen molar-refractivity contribution in [2.75, 3.05) is 5.32 Å². The molecule has 0 unspecified atom stereocenters. The summed E-state index contributed by atoms with van der Waals surface area (Å²) in [4.78, 5) is 16.9. The Kier molecular flexibility index (Phi) is 5.08. The fourth-order valence-electron chi connectivity index (χ4n) is 2.42.